The second-order valence-corrected chi connectivity index (χ2v) is 38.0. The third kappa shape index (κ3) is 52.6. The molecular weight excluding hydrogens is 1740 g/mol. The number of carboxylic acids is 1. The molecule has 1 aromatic rings. The SMILES string of the molecule is CCCCCCCCCCCCCCCC(=O)C[C@H](CCCCN)C(=O)N[C@@H](CCCCN)C(=O)C[C@@H](CC(C)C)C(=O)N[C@@H](CCCN=C(N)N)C(=O)C[C@@H](CO)C(=O)N[C@@H](CCSC)C(=O)C[C@@H](C(=O)N[C@@H](CC(=O)O)C(=O)C[C@@H](CCCCN)C(=O)N[C@@H](Cc1ccc(O)cc1)C(=O)C[C@@H](CCCN=C(N)N)C(=O)N[C@@H](CC(C)C)C(=O)C[C@@H](CC1=CN=CC1)C(N)=O)[C@@H](C)O. The second kappa shape index (κ2) is 70.2. The van der Waals surface area contributed by atoms with E-state index in [0.717, 1.165) is 38.2 Å². The first-order valence-electron chi connectivity index (χ1n) is 48.8. The van der Waals surface area contributed by atoms with Crippen LogP contribution in [0.2, 0.25) is 0 Å². The Balaban J connectivity index is 2.51. The molecule has 0 saturated carbocycles. The summed E-state index contributed by atoms with van der Waals surface area (Å²) in [4.78, 5) is 227. The van der Waals surface area contributed by atoms with Gasteiger partial charge in [-0.1, -0.05) is 137 Å². The van der Waals surface area contributed by atoms with Gasteiger partial charge in [-0.05, 0) is 183 Å². The Morgan fingerprint density at radius 1 is 0.425 bits per heavy atom. The lowest BCUT2D eigenvalue weighted by molar-refractivity contribution is -0.142. The largest absolute Gasteiger partial charge is 0.508 e. The van der Waals surface area contributed by atoms with Crippen LogP contribution < -0.4 is 77.8 Å². The van der Waals surface area contributed by atoms with E-state index in [-0.39, 0.29) is 157 Å². The number of hydrogen-bond acceptors (Lipinski definition) is 25. The number of thioether (sulfide) groups is 1. The predicted octanol–water partition coefficient (Wildman–Crippen LogP) is 6.77. The van der Waals surface area contributed by atoms with Gasteiger partial charge in [-0.3, -0.25) is 86.9 Å². The van der Waals surface area contributed by atoms with E-state index in [2.05, 4.69) is 53.8 Å². The van der Waals surface area contributed by atoms with Gasteiger partial charge in [0.15, 0.2) is 46.6 Å². The predicted molar refractivity (Wildman–Crippen MR) is 522 cm³/mol. The van der Waals surface area contributed by atoms with Gasteiger partial charge >= 0.3 is 5.97 Å². The molecule has 7 amide bonds. The molecule has 0 unspecified atom stereocenters. The number of hydrogen-bond donors (Lipinski definition) is 18. The van der Waals surface area contributed by atoms with Crippen molar-refractivity contribution in [2.45, 2.75) is 347 Å². The highest BCUT2D eigenvalue weighted by Crippen LogP contribution is 2.29. The van der Waals surface area contributed by atoms with Crippen LogP contribution >= 0.6 is 11.8 Å². The van der Waals surface area contributed by atoms with Gasteiger partial charge in [0, 0.05) is 113 Å². The number of nitrogens with zero attached hydrogens (tertiary/aromatic N) is 3. The fourth-order valence-corrected chi connectivity index (χ4v) is 16.9. The lowest BCUT2D eigenvalue weighted by atomic mass is 9.87. The molecule has 14 atom stereocenters. The molecule has 37 heteroatoms. The lowest BCUT2D eigenvalue weighted by Crippen LogP contribution is -2.51. The minimum atomic E-state index is -1.91. The summed E-state index contributed by atoms with van der Waals surface area (Å²) in [7, 11) is 0. The molecule has 0 aliphatic carbocycles. The number of nitrogens with one attached hydrogen (secondary N) is 6. The number of carbonyl (C=O) groups excluding carboxylic acids is 14. The van der Waals surface area contributed by atoms with Crippen LogP contribution in [0.3, 0.4) is 0 Å². The highest BCUT2D eigenvalue weighted by atomic mass is 32.2. The van der Waals surface area contributed by atoms with E-state index in [1.54, 1.807) is 18.7 Å². The average molecular weight is 1910 g/mol. The Hall–Kier alpha value is -9.43. The summed E-state index contributed by atoms with van der Waals surface area (Å²) in [5.41, 5.74) is 47.2. The highest BCUT2D eigenvalue weighted by molar-refractivity contribution is 7.98. The standard InChI is InChI=1S/C97H165N17O19S/c1-8-9-10-11-12-13-14-15-16-17-18-19-20-32-74(118)52-67(29-21-24-41-98)90(128)109-76(33-23-26-43-100)82(119)56-71(48-62(2)3)93(131)110-77(34-28-45-108-97(104)105)83(120)57-72(61-115)94(132)111-78(40-47-134-7)87(124)58-75(64(6)116)95(133)114-81(59-88(125)126)85(122)53-68(30-22-25-42-99)91(129)113-80(51-65-35-37-73(117)38-36-65)84(121)54-69(31-27-44-107-96(102)103)92(130)112-79(49-63(4)5)86(123)55-70(89(101)127)50-66-39-46-106-60-66/h35-38,46,60,62-64,67-72,75-81,115-117H,8-34,39-45,47-59,61,98-100H2,1-7H3,(H2,101,127)(H,109,128)(H,110,131)(H,111,132)(H,112,130)(H,113,129)(H,114,133)(H,125,126)(H4,102,103,107)(H4,104,105,108)/t64-,67+,68-,69-,70-,71-,72+,75-,76+,77+,78+,79+,80+,81+/m1/s1. The molecule has 134 heavy (non-hydrogen) atoms. The molecule has 0 radical (unpaired) electrons. The van der Waals surface area contributed by atoms with E-state index < -0.39 is 205 Å². The number of aliphatic hydroxyl groups excluding tert-OH is 2. The Bertz CT molecular complexity index is 3890. The Morgan fingerprint density at radius 3 is 1.28 bits per heavy atom. The van der Waals surface area contributed by atoms with Crippen molar-refractivity contribution in [1.82, 2.24) is 31.9 Å². The number of aromatic hydroxyl groups is 1. The maximum atomic E-state index is 15.0. The van der Waals surface area contributed by atoms with Crippen LogP contribution in [-0.4, -0.2) is 220 Å². The fraction of sp³-hybridized carbons (Fsp3) is 0.732. The molecule has 758 valence electrons. The van der Waals surface area contributed by atoms with Crippen molar-refractivity contribution >= 4 is 118 Å². The third-order valence-electron chi connectivity index (χ3n) is 24.3. The van der Waals surface area contributed by atoms with E-state index in [9.17, 15) is 87.5 Å². The maximum Gasteiger partial charge on any atom is 0.305 e. The topological polar surface area (TPSA) is 654 Å². The fourth-order valence-electron chi connectivity index (χ4n) is 16.5. The van der Waals surface area contributed by atoms with Gasteiger partial charge < -0.3 is 98.2 Å². The first-order chi connectivity index (χ1) is 63.8. The van der Waals surface area contributed by atoms with Crippen molar-refractivity contribution < 1.29 is 92.3 Å². The highest BCUT2D eigenvalue weighted by Gasteiger charge is 2.40. The summed E-state index contributed by atoms with van der Waals surface area (Å²) >= 11 is 1.27. The van der Waals surface area contributed by atoms with Crippen LogP contribution in [-0.2, 0) is 78.3 Å². The first-order valence-corrected chi connectivity index (χ1v) is 50.2. The van der Waals surface area contributed by atoms with Crippen LogP contribution in [0.1, 0.15) is 304 Å². The molecule has 1 aliphatic heterocycles. The summed E-state index contributed by atoms with van der Waals surface area (Å²) < 4.78 is 0. The number of guanidine groups is 2. The number of aliphatic imine (C=N–C) groups is 3. The van der Waals surface area contributed by atoms with Gasteiger partial charge in [0.25, 0.3) is 0 Å². The minimum Gasteiger partial charge on any atom is -0.508 e. The van der Waals surface area contributed by atoms with Crippen LogP contribution in [0.4, 0.5) is 0 Å². The number of phenols is 1. The Morgan fingerprint density at radius 2 is 0.821 bits per heavy atom. The van der Waals surface area contributed by atoms with Gasteiger partial charge in [-0.25, -0.2) is 0 Å². The zero-order chi connectivity index (χ0) is 100. The van der Waals surface area contributed by atoms with Crippen LogP contribution in [0.5, 0.6) is 5.75 Å². The Labute approximate surface area is 797 Å². The monoisotopic (exact) mass is 1900 g/mol. The van der Waals surface area contributed by atoms with E-state index >= 15 is 4.79 Å². The van der Waals surface area contributed by atoms with E-state index in [1.807, 2.05) is 27.7 Å². The first kappa shape index (κ1) is 121. The summed E-state index contributed by atoms with van der Waals surface area (Å²) in [5.74, 6) is -20.7. The molecule has 0 spiro atoms. The molecule has 36 nitrogen and oxygen atoms in total. The van der Waals surface area contributed by atoms with Crippen LogP contribution in [0.15, 0.2) is 51.0 Å². The molecule has 0 saturated heterocycles. The summed E-state index contributed by atoms with van der Waals surface area (Å²) in [5, 5.41) is 59.0. The molecule has 0 fully saturated rings. The zero-order valence-electron chi connectivity index (χ0n) is 80.9. The molecule has 0 bridgehead atoms. The normalized spacial score (nSPS) is 15.0. The number of unbranched alkanes of at least 4 members (excludes halogenated alkanes) is 15. The lowest BCUT2D eigenvalue weighted by Gasteiger charge is -2.27. The molecule has 1 heterocycles. The number of nitrogens with two attached hydrogens (primary N) is 8. The molecular formula is C97H165N17O19S. The number of carboxylic acid groups (broad SMARTS) is 1. The van der Waals surface area contributed by atoms with Crippen molar-refractivity contribution in [3.05, 3.63) is 41.6 Å². The number of ketones is 7. The number of aliphatic carboxylic acids is 1. The van der Waals surface area contributed by atoms with E-state index in [1.165, 1.54) is 87.4 Å². The van der Waals surface area contributed by atoms with Crippen molar-refractivity contribution in [3.8, 4) is 5.75 Å². The molecule has 0 aromatic heterocycles. The second-order valence-electron chi connectivity index (χ2n) is 37.0. The quantitative estimate of drug-likeness (QED) is 0.0182. The van der Waals surface area contributed by atoms with Gasteiger partial charge in [-0.2, -0.15) is 11.8 Å². The van der Waals surface area contributed by atoms with Gasteiger partial charge in [0.2, 0.25) is 41.4 Å². The van der Waals surface area contributed by atoms with E-state index in [0.29, 0.717) is 76.4 Å². The van der Waals surface area contributed by atoms with Crippen LogP contribution in [0.25, 0.3) is 0 Å². The smallest absolute Gasteiger partial charge is 0.305 e. The zero-order valence-corrected chi connectivity index (χ0v) is 81.7. The molecule has 1 aromatic carbocycles. The number of carbonyl (C=O) groups is 15. The number of aliphatic hydroxyl groups is 2. The third-order valence-corrected chi connectivity index (χ3v) is 24.9. The summed E-state index contributed by atoms with van der Waals surface area (Å²) in [6.45, 7) is 10.6. The number of benzene rings is 1. The van der Waals surface area contributed by atoms with Gasteiger partial charge in [0.1, 0.15) is 11.5 Å². The van der Waals surface area contributed by atoms with Gasteiger partial charge in [0.05, 0.1) is 67.2 Å². The van der Waals surface area contributed by atoms with Crippen LogP contribution in [0, 0.1) is 53.3 Å². The Kier molecular flexibility index (Phi) is 63.2. The number of rotatable bonds is 82. The number of phenolic OH excluding ortho intramolecular Hbond substituents is 1. The van der Waals surface area contributed by atoms with E-state index in [4.69, 9.17) is 45.9 Å². The van der Waals surface area contributed by atoms with Crippen molar-refractivity contribution in [2.24, 2.45) is 114 Å². The summed E-state index contributed by atoms with van der Waals surface area (Å²) in [6.07, 6.45) is 18.1. The summed E-state index contributed by atoms with van der Waals surface area (Å²) in [6, 6.07) is -2.68. The van der Waals surface area contributed by atoms with Crippen molar-refractivity contribution in [1.29, 1.82) is 0 Å². The number of amides is 7. The number of primary amides is 1. The van der Waals surface area contributed by atoms with Gasteiger partial charge in [-0.15, -0.1) is 0 Å². The molecule has 1 aliphatic rings. The maximum absolute atomic E-state index is 15.0. The number of allylic oxidation sites excluding steroid dienone is 1. The molecule has 2 rings (SSSR count). The average Bonchev–Trinajstić information content (AvgIpc) is 0.943. The molecule has 26 N–H and O–H groups in total. The van der Waals surface area contributed by atoms with Crippen molar-refractivity contribution in [3.63, 3.8) is 0 Å². The number of Topliss-reactive ketones (excluding diaryl/α,β-unsaturated/α-hetero) is 7. The van der Waals surface area contributed by atoms with Crippen molar-refractivity contribution in [2.75, 3.05) is 51.3 Å². The minimum absolute atomic E-state index is 0.00242.